The Morgan fingerprint density at radius 2 is 2.33 bits per heavy atom. The zero-order valence-corrected chi connectivity index (χ0v) is 7.09. The first-order valence-corrected chi connectivity index (χ1v) is 3.99. The lowest BCUT2D eigenvalue weighted by molar-refractivity contribution is 0.588. The first-order valence-electron chi connectivity index (χ1n) is 3.99. The number of aromatic amines is 1. The second-order valence-corrected chi connectivity index (χ2v) is 2.94. The van der Waals surface area contributed by atoms with Gasteiger partial charge in [0.15, 0.2) is 0 Å². The fourth-order valence-corrected chi connectivity index (χ4v) is 0.917. The van der Waals surface area contributed by atoms with Gasteiger partial charge in [-0.2, -0.15) is 0 Å². The highest BCUT2D eigenvalue weighted by Crippen LogP contribution is 1.90. The number of aromatic nitrogens is 2. The van der Waals surface area contributed by atoms with Gasteiger partial charge >= 0.3 is 0 Å². The molecule has 0 amide bonds. The summed E-state index contributed by atoms with van der Waals surface area (Å²) in [4.78, 5) is 7.00. The summed E-state index contributed by atoms with van der Waals surface area (Å²) in [6.07, 6.45) is 4.60. The van der Waals surface area contributed by atoms with Crippen molar-refractivity contribution in [2.24, 2.45) is 0 Å². The highest BCUT2D eigenvalue weighted by molar-refractivity contribution is 4.94. The number of rotatable bonds is 4. The predicted molar refractivity (Wildman–Crippen MR) is 52.2 cm³/mol. The average molecular weight is 169 g/mol. The molecule has 3 nitrogen and oxygen atoms in total. The van der Waals surface area contributed by atoms with Crippen molar-refractivity contribution in [3.63, 3.8) is 0 Å². The van der Waals surface area contributed by atoms with E-state index in [1.807, 2.05) is 6.20 Å². The van der Waals surface area contributed by atoms with Crippen LogP contribution < -0.4 is 5.32 Å². The molecule has 1 aromatic heterocycles. The van der Waals surface area contributed by atoms with E-state index in [0.29, 0.717) is 6.04 Å². The first-order chi connectivity index (χ1) is 5.29. The van der Waals surface area contributed by atoms with Crippen LogP contribution >= 0.6 is 0 Å². The molecule has 0 aliphatic rings. The minimum absolute atomic E-state index is 0. The van der Waals surface area contributed by atoms with E-state index in [0.717, 1.165) is 13.0 Å². The Morgan fingerprint density at radius 1 is 1.58 bits per heavy atom. The number of nitrogens with one attached hydrogen (secondary N) is 2. The highest BCUT2D eigenvalue weighted by Gasteiger charge is 1.94. The number of hydrogen-bond donors (Lipinski definition) is 2. The Kier molecular flexibility index (Phi) is 5.37. The smallest absolute Gasteiger partial charge is 0.0921 e. The van der Waals surface area contributed by atoms with Gasteiger partial charge < -0.3 is 10.3 Å². The van der Waals surface area contributed by atoms with E-state index < -0.39 is 0 Å². The van der Waals surface area contributed by atoms with E-state index in [9.17, 15) is 0 Å². The van der Waals surface area contributed by atoms with Crippen molar-refractivity contribution in [1.29, 1.82) is 0 Å². The Labute approximate surface area is 74.6 Å². The van der Waals surface area contributed by atoms with Gasteiger partial charge in [-0.05, 0) is 0 Å². The molecule has 0 aliphatic carbocycles. The molecule has 0 aromatic carbocycles. The van der Waals surface area contributed by atoms with Gasteiger partial charge in [-0.25, -0.2) is 4.98 Å². The topological polar surface area (TPSA) is 40.7 Å². The largest absolute Gasteiger partial charge is 0.348 e. The fraction of sp³-hybridized carbons (Fsp3) is 0.667. The van der Waals surface area contributed by atoms with Gasteiger partial charge in [-0.1, -0.05) is 21.3 Å². The summed E-state index contributed by atoms with van der Waals surface area (Å²) >= 11 is 0. The molecule has 0 radical (unpaired) electrons. The molecule has 0 saturated carbocycles. The molecule has 12 heavy (non-hydrogen) atoms. The standard InChI is InChI=1S/C8H15N3.CH4/c1-7(2)10-4-3-8-5-9-6-11-8;/h5-7,10H,3-4H2,1-2H3,(H,9,11);1H4. The second-order valence-electron chi connectivity index (χ2n) is 2.94. The quantitative estimate of drug-likeness (QED) is 0.718. The molecule has 1 heterocycles. The fourth-order valence-electron chi connectivity index (χ4n) is 0.917. The van der Waals surface area contributed by atoms with Crippen molar-refractivity contribution in [2.45, 2.75) is 33.7 Å². The van der Waals surface area contributed by atoms with E-state index in [1.165, 1.54) is 5.69 Å². The maximum absolute atomic E-state index is 3.94. The van der Waals surface area contributed by atoms with Crippen LogP contribution in [0.15, 0.2) is 12.5 Å². The first kappa shape index (κ1) is 11.2. The molecule has 2 N–H and O–H groups in total. The summed E-state index contributed by atoms with van der Waals surface area (Å²) in [6.45, 7) is 5.31. The molecular formula is C9H19N3. The lowest BCUT2D eigenvalue weighted by Crippen LogP contribution is -2.24. The molecule has 1 aromatic rings. The van der Waals surface area contributed by atoms with Crippen molar-refractivity contribution < 1.29 is 0 Å². The molecular weight excluding hydrogens is 150 g/mol. The third-order valence-corrected chi connectivity index (χ3v) is 1.50. The molecule has 3 heteroatoms. The van der Waals surface area contributed by atoms with E-state index in [4.69, 9.17) is 0 Å². The summed E-state index contributed by atoms with van der Waals surface area (Å²) in [7, 11) is 0. The lowest BCUT2D eigenvalue weighted by Gasteiger charge is -2.05. The molecule has 0 unspecified atom stereocenters. The van der Waals surface area contributed by atoms with Crippen LogP contribution in [0, 0.1) is 0 Å². The zero-order valence-electron chi connectivity index (χ0n) is 7.09. The van der Waals surface area contributed by atoms with Crippen molar-refractivity contribution >= 4 is 0 Å². The van der Waals surface area contributed by atoms with E-state index >= 15 is 0 Å². The zero-order chi connectivity index (χ0) is 8.10. The van der Waals surface area contributed by atoms with Gasteiger partial charge in [-0.3, -0.25) is 0 Å². The van der Waals surface area contributed by atoms with Gasteiger partial charge in [0.2, 0.25) is 0 Å². The van der Waals surface area contributed by atoms with E-state index in [-0.39, 0.29) is 7.43 Å². The van der Waals surface area contributed by atoms with Crippen LogP contribution in [0.4, 0.5) is 0 Å². The van der Waals surface area contributed by atoms with Crippen LogP contribution in [0.1, 0.15) is 27.0 Å². The maximum atomic E-state index is 3.94. The van der Waals surface area contributed by atoms with Crippen LogP contribution in [-0.4, -0.2) is 22.6 Å². The minimum Gasteiger partial charge on any atom is -0.348 e. The summed E-state index contributed by atoms with van der Waals surface area (Å²) in [5.41, 5.74) is 1.19. The lowest BCUT2D eigenvalue weighted by atomic mass is 10.3. The molecule has 0 spiro atoms. The number of imidazole rings is 1. The van der Waals surface area contributed by atoms with Gasteiger partial charge in [0.1, 0.15) is 0 Å². The average Bonchev–Trinajstić information content (AvgIpc) is 2.39. The Morgan fingerprint density at radius 3 is 2.83 bits per heavy atom. The molecule has 1 rings (SSSR count). The Hall–Kier alpha value is -0.830. The molecule has 0 atom stereocenters. The maximum Gasteiger partial charge on any atom is 0.0921 e. The third-order valence-electron chi connectivity index (χ3n) is 1.50. The number of H-pyrrole nitrogens is 1. The summed E-state index contributed by atoms with van der Waals surface area (Å²) in [5, 5.41) is 3.34. The molecule has 0 saturated heterocycles. The monoisotopic (exact) mass is 169 g/mol. The normalized spacial score (nSPS) is 9.92. The molecule has 0 bridgehead atoms. The highest BCUT2D eigenvalue weighted by atomic mass is 14.9. The molecule has 0 aliphatic heterocycles. The van der Waals surface area contributed by atoms with Gasteiger partial charge in [0.05, 0.1) is 6.33 Å². The second kappa shape index (κ2) is 5.77. The Balaban J connectivity index is 0.00000121. The van der Waals surface area contributed by atoms with Gasteiger partial charge in [0.25, 0.3) is 0 Å². The van der Waals surface area contributed by atoms with Crippen molar-refractivity contribution in [2.75, 3.05) is 6.54 Å². The third kappa shape index (κ3) is 4.13. The van der Waals surface area contributed by atoms with Crippen molar-refractivity contribution in [3.8, 4) is 0 Å². The predicted octanol–water partition coefficient (Wildman–Crippen LogP) is 1.59. The summed E-state index contributed by atoms with van der Waals surface area (Å²) in [6, 6.07) is 0.568. The Bertz CT molecular complexity index is 180. The van der Waals surface area contributed by atoms with Crippen LogP contribution in [0.5, 0.6) is 0 Å². The van der Waals surface area contributed by atoms with Crippen LogP contribution in [-0.2, 0) is 6.42 Å². The van der Waals surface area contributed by atoms with Gasteiger partial charge in [0, 0.05) is 30.9 Å². The van der Waals surface area contributed by atoms with E-state index in [1.54, 1.807) is 6.33 Å². The van der Waals surface area contributed by atoms with Crippen LogP contribution in [0.3, 0.4) is 0 Å². The van der Waals surface area contributed by atoms with Gasteiger partial charge in [-0.15, -0.1) is 0 Å². The number of nitrogens with zero attached hydrogens (tertiary/aromatic N) is 1. The molecule has 70 valence electrons. The number of hydrogen-bond acceptors (Lipinski definition) is 2. The van der Waals surface area contributed by atoms with Crippen LogP contribution in [0.2, 0.25) is 0 Å². The van der Waals surface area contributed by atoms with E-state index in [2.05, 4.69) is 29.1 Å². The van der Waals surface area contributed by atoms with Crippen molar-refractivity contribution in [1.82, 2.24) is 15.3 Å². The summed E-state index contributed by atoms with van der Waals surface area (Å²) < 4.78 is 0. The SMILES string of the molecule is C.CC(C)NCCc1cnc[nH]1. The summed E-state index contributed by atoms with van der Waals surface area (Å²) in [5.74, 6) is 0. The van der Waals surface area contributed by atoms with Crippen LogP contribution in [0.25, 0.3) is 0 Å². The minimum atomic E-state index is 0. The van der Waals surface area contributed by atoms with Crippen molar-refractivity contribution in [3.05, 3.63) is 18.2 Å². The molecule has 0 fully saturated rings.